The number of pyridine rings is 1. The number of fused-ring (bicyclic) bond motifs is 1. The predicted octanol–water partition coefficient (Wildman–Crippen LogP) is 1.86. The van der Waals surface area contributed by atoms with Gasteiger partial charge in [0.05, 0.1) is 0 Å². The predicted molar refractivity (Wildman–Crippen MR) is 69.2 cm³/mol. The van der Waals surface area contributed by atoms with Crippen LogP contribution in [0.1, 0.15) is 0 Å². The molecule has 1 atom stereocenters. The van der Waals surface area contributed by atoms with Crippen molar-refractivity contribution in [1.82, 2.24) is 4.98 Å². The van der Waals surface area contributed by atoms with Crippen molar-refractivity contribution in [1.29, 1.82) is 0 Å². The molecule has 1 aliphatic rings. The number of carbonyl (C=O) groups is 1. The lowest BCUT2D eigenvalue weighted by atomic mass is 10.2. The van der Waals surface area contributed by atoms with Crippen LogP contribution in [0.5, 0.6) is 11.5 Å². The summed E-state index contributed by atoms with van der Waals surface area (Å²) < 4.78 is 11.1. The molecule has 5 heteroatoms. The molecule has 1 aromatic carbocycles. The summed E-state index contributed by atoms with van der Waals surface area (Å²) >= 11 is 0. The zero-order valence-electron chi connectivity index (χ0n) is 10.1. The number of para-hydroxylation sites is 2. The van der Waals surface area contributed by atoms with Gasteiger partial charge >= 0.3 is 0 Å². The van der Waals surface area contributed by atoms with Crippen molar-refractivity contribution in [3.63, 3.8) is 0 Å². The first kappa shape index (κ1) is 11.5. The second kappa shape index (κ2) is 4.97. The van der Waals surface area contributed by atoms with Gasteiger partial charge in [-0.2, -0.15) is 0 Å². The Labute approximate surface area is 110 Å². The summed E-state index contributed by atoms with van der Waals surface area (Å²) in [4.78, 5) is 16.1. The van der Waals surface area contributed by atoms with E-state index in [1.54, 1.807) is 30.5 Å². The zero-order chi connectivity index (χ0) is 13.1. The molecule has 2 aromatic rings. The van der Waals surface area contributed by atoms with E-state index in [2.05, 4.69) is 10.3 Å². The van der Waals surface area contributed by atoms with E-state index >= 15 is 0 Å². The van der Waals surface area contributed by atoms with Gasteiger partial charge < -0.3 is 14.8 Å². The topological polar surface area (TPSA) is 60.5 Å². The number of anilines is 1. The lowest BCUT2D eigenvalue weighted by molar-refractivity contribution is -0.125. The quantitative estimate of drug-likeness (QED) is 0.891. The first-order valence-electron chi connectivity index (χ1n) is 5.93. The standard InChI is InChI=1S/C14H12N2O3/c17-14(16-13-7-3-4-8-15-13)12-9-18-10-5-1-2-6-11(10)19-12/h1-8,12H,9H2,(H,15,16,17)/t12-/m1/s1. The fraction of sp³-hybridized carbons (Fsp3) is 0.143. The van der Waals surface area contributed by atoms with Gasteiger partial charge in [-0.15, -0.1) is 0 Å². The minimum absolute atomic E-state index is 0.190. The van der Waals surface area contributed by atoms with Crippen molar-refractivity contribution in [3.8, 4) is 11.5 Å². The van der Waals surface area contributed by atoms with E-state index in [-0.39, 0.29) is 12.5 Å². The van der Waals surface area contributed by atoms with Gasteiger partial charge in [-0.05, 0) is 24.3 Å². The Morgan fingerprint density at radius 2 is 1.95 bits per heavy atom. The number of hydrogen-bond acceptors (Lipinski definition) is 4. The third-order valence-electron chi connectivity index (χ3n) is 2.72. The molecule has 0 saturated carbocycles. The first-order chi connectivity index (χ1) is 9.33. The minimum Gasteiger partial charge on any atom is -0.485 e. The summed E-state index contributed by atoms with van der Waals surface area (Å²) in [6.07, 6.45) is 0.945. The summed E-state index contributed by atoms with van der Waals surface area (Å²) in [7, 11) is 0. The fourth-order valence-corrected chi connectivity index (χ4v) is 1.79. The Kier molecular flexibility index (Phi) is 3.02. The summed E-state index contributed by atoms with van der Waals surface area (Å²) in [6, 6.07) is 12.6. The van der Waals surface area contributed by atoms with Crippen LogP contribution in [0.3, 0.4) is 0 Å². The van der Waals surface area contributed by atoms with Gasteiger partial charge in [0.25, 0.3) is 5.91 Å². The van der Waals surface area contributed by atoms with Gasteiger partial charge in [-0.3, -0.25) is 4.79 Å². The molecule has 1 amide bonds. The highest BCUT2D eigenvalue weighted by atomic mass is 16.6. The second-order valence-electron chi connectivity index (χ2n) is 4.07. The van der Waals surface area contributed by atoms with Crippen molar-refractivity contribution >= 4 is 11.7 Å². The van der Waals surface area contributed by atoms with E-state index in [1.807, 2.05) is 18.2 Å². The van der Waals surface area contributed by atoms with Crippen molar-refractivity contribution in [2.75, 3.05) is 11.9 Å². The Bertz CT molecular complexity index is 586. The molecule has 1 aliphatic heterocycles. The average molecular weight is 256 g/mol. The molecule has 0 spiro atoms. The first-order valence-corrected chi connectivity index (χ1v) is 5.93. The van der Waals surface area contributed by atoms with E-state index in [0.717, 1.165) is 0 Å². The number of rotatable bonds is 2. The minimum atomic E-state index is -0.670. The van der Waals surface area contributed by atoms with E-state index < -0.39 is 6.10 Å². The molecule has 0 unspecified atom stereocenters. The Morgan fingerprint density at radius 1 is 1.16 bits per heavy atom. The highest BCUT2D eigenvalue weighted by Gasteiger charge is 2.27. The van der Waals surface area contributed by atoms with Crippen LogP contribution in [-0.2, 0) is 4.79 Å². The Hall–Kier alpha value is -2.56. The van der Waals surface area contributed by atoms with Crippen LogP contribution in [0.4, 0.5) is 5.82 Å². The van der Waals surface area contributed by atoms with Crippen molar-refractivity contribution < 1.29 is 14.3 Å². The number of carbonyl (C=O) groups excluding carboxylic acids is 1. The number of amides is 1. The van der Waals surface area contributed by atoms with Crippen LogP contribution in [0.15, 0.2) is 48.7 Å². The molecule has 3 rings (SSSR count). The fourth-order valence-electron chi connectivity index (χ4n) is 1.79. The number of ether oxygens (including phenoxy) is 2. The molecule has 0 fully saturated rings. The third kappa shape index (κ3) is 2.49. The average Bonchev–Trinajstić information content (AvgIpc) is 2.48. The van der Waals surface area contributed by atoms with E-state index in [1.165, 1.54) is 0 Å². The van der Waals surface area contributed by atoms with Gasteiger partial charge in [-0.25, -0.2) is 4.98 Å². The molecular formula is C14H12N2O3. The van der Waals surface area contributed by atoms with E-state index in [9.17, 15) is 4.79 Å². The lowest BCUT2D eigenvalue weighted by Gasteiger charge is -2.25. The molecule has 1 N–H and O–H groups in total. The van der Waals surface area contributed by atoms with Gasteiger partial charge in [-0.1, -0.05) is 18.2 Å². The number of hydrogen-bond donors (Lipinski definition) is 1. The molecular weight excluding hydrogens is 244 g/mol. The molecule has 19 heavy (non-hydrogen) atoms. The van der Waals surface area contributed by atoms with Crippen LogP contribution >= 0.6 is 0 Å². The second-order valence-corrected chi connectivity index (χ2v) is 4.07. The summed E-state index contributed by atoms with van der Waals surface area (Å²) in [5.41, 5.74) is 0. The smallest absolute Gasteiger partial charge is 0.270 e. The van der Waals surface area contributed by atoms with Crippen molar-refractivity contribution in [2.24, 2.45) is 0 Å². The molecule has 0 aliphatic carbocycles. The maximum Gasteiger partial charge on any atom is 0.270 e. The maximum atomic E-state index is 12.0. The van der Waals surface area contributed by atoms with E-state index in [0.29, 0.717) is 17.3 Å². The Balaban J connectivity index is 1.70. The number of nitrogens with one attached hydrogen (secondary N) is 1. The summed E-state index contributed by atoms with van der Waals surface area (Å²) in [5, 5.41) is 2.69. The van der Waals surface area contributed by atoms with Crippen LogP contribution in [0, 0.1) is 0 Å². The lowest BCUT2D eigenvalue weighted by Crippen LogP contribution is -2.40. The van der Waals surface area contributed by atoms with Crippen LogP contribution in [0.2, 0.25) is 0 Å². The molecule has 0 bridgehead atoms. The number of nitrogens with zero attached hydrogens (tertiary/aromatic N) is 1. The van der Waals surface area contributed by atoms with Crippen LogP contribution in [-0.4, -0.2) is 23.6 Å². The highest BCUT2D eigenvalue weighted by Crippen LogP contribution is 2.30. The maximum absolute atomic E-state index is 12.0. The zero-order valence-corrected chi connectivity index (χ0v) is 10.1. The number of aromatic nitrogens is 1. The number of benzene rings is 1. The summed E-state index contributed by atoms with van der Waals surface area (Å²) in [6.45, 7) is 0.190. The third-order valence-corrected chi connectivity index (χ3v) is 2.72. The van der Waals surface area contributed by atoms with Gasteiger partial charge in [0.2, 0.25) is 6.10 Å². The molecule has 2 heterocycles. The normalized spacial score (nSPS) is 16.7. The van der Waals surface area contributed by atoms with Gasteiger partial charge in [0.1, 0.15) is 12.4 Å². The monoisotopic (exact) mass is 256 g/mol. The largest absolute Gasteiger partial charge is 0.485 e. The van der Waals surface area contributed by atoms with Crippen molar-refractivity contribution in [3.05, 3.63) is 48.7 Å². The van der Waals surface area contributed by atoms with Gasteiger partial charge in [0.15, 0.2) is 11.5 Å². The Morgan fingerprint density at radius 3 is 2.74 bits per heavy atom. The highest BCUT2D eigenvalue weighted by molar-refractivity contribution is 5.93. The SMILES string of the molecule is O=C(Nc1ccccn1)[C@H]1COc2ccccc2O1. The van der Waals surface area contributed by atoms with Crippen LogP contribution in [0.25, 0.3) is 0 Å². The molecule has 5 nitrogen and oxygen atoms in total. The molecule has 1 aromatic heterocycles. The molecule has 0 saturated heterocycles. The van der Waals surface area contributed by atoms with Crippen LogP contribution < -0.4 is 14.8 Å². The molecule has 96 valence electrons. The van der Waals surface area contributed by atoms with Gasteiger partial charge in [0, 0.05) is 6.20 Å². The molecule has 0 radical (unpaired) electrons. The van der Waals surface area contributed by atoms with E-state index in [4.69, 9.17) is 9.47 Å². The summed E-state index contributed by atoms with van der Waals surface area (Å²) in [5.74, 6) is 1.46. The van der Waals surface area contributed by atoms with Crippen molar-refractivity contribution in [2.45, 2.75) is 6.10 Å².